The third kappa shape index (κ3) is 6.86. The molecule has 0 radical (unpaired) electrons. The van der Waals surface area contributed by atoms with Crippen molar-refractivity contribution in [3.05, 3.63) is 0 Å². The highest BCUT2D eigenvalue weighted by atomic mass is 16.5. The van der Waals surface area contributed by atoms with Crippen molar-refractivity contribution >= 4 is 5.91 Å². The van der Waals surface area contributed by atoms with Gasteiger partial charge < -0.3 is 15.8 Å². The lowest BCUT2D eigenvalue weighted by molar-refractivity contribution is -0.125. The fraction of sp³-hybridized carbons (Fsp3) is 0.900. The van der Waals surface area contributed by atoms with Gasteiger partial charge in [-0.25, -0.2) is 0 Å². The predicted octanol–water partition coefficient (Wildman–Crippen LogP) is 0.514. The van der Waals surface area contributed by atoms with Crippen molar-refractivity contribution < 1.29 is 9.53 Å². The van der Waals surface area contributed by atoms with Gasteiger partial charge in [-0.2, -0.15) is 0 Å². The second-order valence-electron chi connectivity index (χ2n) is 3.33. The van der Waals surface area contributed by atoms with E-state index in [4.69, 9.17) is 10.5 Å². The Hall–Kier alpha value is -0.610. The van der Waals surface area contributed by atoms with Gasteiger partial charge in [0.1, 0.15) is 6.61 Å². The third-order valence-electron chi connectivity index (χ3n) is 2.24. The molecule has 0 heterocycles. The maximum Gasteiger partial charge on any atom is 0.246 e. The van der Waals surface area contributed by atoms with Crippen LogP contribution in [0.3, 0.4) is 0 Å². The first-order chi connectivity index (χ1) is 6.74. The monoisotopic (exact) mass is 202 g/mol. The van der Waals surface area contributed by atoms with Crippen molar-refractivity contribution in [2.45, 2.75) is 26.7 Å². The largest absolute Gasteiger partial charge is 0.370 e. The Morgan fingerprint density at radius 1 is 1.43 bits per heavy atom. The first-order valence-corrected chi connectivity index (χ1v) is 5.29. The Labute approximate surface area is 86.2 Å². The highest BCUT2D eigenvalue weighted by Gasteiger charge is 2.05. The second-order valence-corrected chi connectivity index (χ2v) is 3.33. The van der Waals surface area contributed by atoms with Crippen LogP contribution in [-0.4, -0.2) is 32.2 Å². The van der Waals surface area contributed by atoms with E-state index in [2.05, 4.69) is 19.2 Å². The van der Waals surface area contributed by atoms with E-state index in [1.807, 2.05) is 0 Å². The zero-order chi connectivity index (χ0) is 10.8. The van der Waals surface area contributed by atoms with Crippen molar-refractivity contribution in [3.8, 4) is 0 Å². The Morgan fingerprint density at radius 2 is 2.07 bits per heavy atom. The van der Waals surface area contributed by atoms with Gasteiger partial charge in [0.05, 0.1) is 6.61 Å². The number of rotatable bonds is 8. The minimum Gasteiger partial charge on any atom is -0.370 e. The summed E-state index contributed by atoms with van der Waals surface area (Å²) >= 11 is 0. The standard InChI is InChI=1S/C10H22N2O2/c1-3-9(4-2)7-12-10(13)8-14-6-5-11/h9H,3-8,11H2,1-2H3,(H,12,13). The molecular weight excluding hydrogens is 180 g/mol. The molecule has 0 aliphatic carbocycles. The molecule has 0 unspecified atom stereocenters. The third-order valence-corrected chi connectivity index (χ3v) is 2.24. The van der Waals surface area contributed by atoms with Crippen molar-refractivity contribution in [1.82, 2.24) is 5.32 Å². The lowest BCUT2D eigenvalue weighted by atomic mass is 10.0. The molecule has 0 fully saturated rings. The maximum atomic E-state index is 11.2. The molecule has 0 aromatic carbocycles. The SMILES string of the molecule is CCC(CC)CNC(=O)COCCN. The summed E-state index contributed by atoms with van der Waals surface area (Å²) in [5, 5.41) is 2.84. The Morgan fingerprint density at radius 3 is 2.57 bits per heavy atom. The van der Waals surface area contributed by atoms with Crippen molar-refractivity contribution in [3.63, 3.8) is 0 Å². The van der Waals surface area contributed by atoms with Gasteiger partial charge in [-0.1, -0.05) is 26.7 Å². The highest BCUT2D eigenvalue weighted by molar-refractivity contribution is 5.77. The molecule has 0 aliphatic heterocycles. The maximum absolute atomic E-state index is 11.2. The summed E-state index contributed by atoms with van der Waals surface area (Å²) in [6.45, 7) is 6.03. The molecule has 0 saturated carbocycles. The number of amides is 1. The first-order valence-electron chi connectivity index (χ1n) is 5.29. The van der Waals surface area contributed by atoms with Crippen LogP contribution < -0.4 is 11.1 Å². The Bertz CT molecular complexity index is 147. The first kappa shape index (κ1) is 13.4. The molecule has 0 saturated heterocycles. The van der Waals surface area contributed by atoms with E-state index in [0.717, 1.165) is 19.4 Å². The predicted molar refractivity (Wildman–Crippen MR) is 57.0 cm³/mol. The molecule has 4 nitrogen and oxygen atoms in total. The van der Waals surface area contributed by atoms with Crippen molar-refractivity contribution in [2.75, 3.05) is 26.3 Å². The molecule has 0 atom stereocenters. The molecule has 3 N–H and O–H groups in total. The molecule has 4 heteroatoms. The Kier molecular flexibility index (Phi) is 8.57. The average Bonchev–Trinajstić information content (AvgIpc) is 2.20. The number of hydrogen-bond donors (Lipinski definition) is 2. The molecule has 0 bridgehead atoms. The second kappa shape index (κ2) is 8.97. The van der Waals surface area contributed by atoms with E-state index in [-0.39, 0.29) is 12.5 Å². The molecule has 1 amide bonds. The fourth-order valence-electron chi connectivity index (χ4n) is 1.13. The van der Waals surface area contributed by atoms with E-state index in [1.54, 1.807) is 0 Å². The Balaban J connectivity index is 3.42. The molecule has 14 heavy (non-hydrogen) atoms. The number of carbonyl (C=O) groups is 1. The summed E-state index contributed by atoms with van der Waals surface area (Å²) in [4.78, 5) is 11.2. The van der Waals surface area contributed by atoms with Crippen LogP contribution in [0.15, 0.2) is 0 Å². The van der Waals surface area contributed by atoms with Crippen LogP contribution in [-0.2, 0) is 9.53 Å². The van der Waals surface area contributed by atoms with E-state index in [1.165, 1.54) is 0 Å². The minimum absolute atomic E-state index is 0.0506. The van der Waals surface area contributed by atoms with Crippen LogP contribution in [0.5, 0.6) is 0 Å². The van der Waals surface area contributed by atoms with E-state index >= 15 is 0 Å². The van der Waals surface area contributed by atoms with Gasteiger partial charge >= 0.3 is 0 Å². The fourth-order valence-corrected chi connectivity index (χ4v) is 1.13. The van der Waals surface area contributed by atoms with Crippen LogP contribution in [0.2, 0.25) is 0 Å². The number of hydrogen-bond acceptors (Lipinski definition) is 3. The van der Waals surface area contributed by atoms with E-state index in [9.17, 15) is 4.79 Å². The summed E-state index contributed by atoms with van der Waals surface area (Å²) in [5.74, 6) is 0.527. The van der Waals surface area contributed by atoms with Crippen LogP contribution in [0.1, 0.15) is 26.7 Å². The lowest BCUT2D eigenvalue weighted by Gasteiger charge is -2.13. The molecular formula is C10H22N2O2. The highest BCUT2D eigenvalue weighted by Crippen LogP contribution is 2.04. The smallest absolute Gasteiger partial charge is 0.246 e. The summed E-state index contributed by atoms with van der Waals surface area (Å²) in [7, 11) is 0. The van der Waals surface area contributed by atoms with Gasteiger partial charge in [0, 0.05) is 13.1 Å². The quantitative estimate of drug-likeness (QED) is 0.564. The average molecular weight is 202 g/mol. The molecule has 0 aromatic heterocycles. The molecule has 0 aliphatic rings. The summed E-state index contributed by atoms with van der Waals surface area (Å²) in [6.07, 6.45) is 2.20. The van der Waals surface area contributed by atoms with Crippen molar-refractivity contribution in [2.24, 2.45) is 11.7 Å². The van der Waals surface area contributed by atoms with Crippen molar-refractivity contribution in [1.29, 1.82) is 0 Å². The summed E-state index contributed by atoms with van der Waals surface area (Å²) in [6, 6.07) is 0. The zero-order valence-electron chi connectivity index (χ0n) is 9.21. The van der Waals surface area contributed by atoms with E-state index < -0.39 is 0 Å². The zero-order valence-corrected chi connectivity index (χ0v) is 9.21. The molecule has 0 aromatic rings. The number of nitrogens with two attached hydrogens (primary N) is 1. The number of nitrogens with one attached hydrogen (secondary N) is 1. The summed E-state index contributed by atoms with van der Waals surface area (Å²) < 4.78 is 5.01. The molecule has 84 valence electrons. The van der Waals surface area contributed by atoms with Gasteiger partial charge in [-0.05, 0) is 5.92 Å². The summed E-state index contributed by atoms with van der Waals surface area (Å²) in [5.41, 5.74) is 5.22. The number of carbonyl (C=O) groups excluding carboxylic acids is 1. The van der Waals surface area contributed by atoms with Crippen LogP contribution >= 0.6 is 0 Å². The van der Waals surface area contributed by atoms with Crippen LogP contribution in [0.25, 0.3) is 0 Å². The van der Waals surface area contributed by atoms with E-state index in [0.29, 0.717) is 19.1 Å². The van der Waals surface area contributed by atoms with Gasteiger partial charge in [-0.3, -0.25) is 4.79 Å². The van der Waals surface area contributed by atoms with Crippen LogP contribution in [0, 0.1) is 5.92 Å². The van der Waals surface area contributed by atoms with Gasteiger partial charge in [-0.15, -0.1) is 0 Å². The minimum atomic E-state index is -0.0506. The topological polar surface area (TPSA) is 64.3 Å². The van der Waals surface area contributed by atoms with Gasteiger partial charge in [0.15, 0.2) is 0 Å². The van der Waals surface area contributed by atoms with Gasteiger partial charge in [0.25, 0.3) is 0 Å². The lowest BCUT2D eigenvalue weighted by Crippen LogP contribution is -2.32. The molecule has 0 rings (SSSR count). The number of ether oxygens (including phenoxy) is 1. The van der Waals surface area contributed by atoms with Crippen LogP contribution in [0.4, 0.5) is 0 Å². The van der Waals surface area contributed by atoms with Gasteiger partial charge in [0.2, 0.25) is 5.91 Å². The normalized spacial score (nSPS) is 10.6. The molecule has 0 spiro atoms.